The Morgan fingerprint density at radius 1 is 1.35 bits per heavy atom. The fourth-order valence-corrected chi connectivity index (χ4v) is 7.08. The maximum Gasteiger partial charge on any atom is 0.215 e. The first-order chi connectivity index (χ1) is 10.8. The first-order valence-electron chi connectivity index (χ1n) is 8.28. The Morgan fingerprint density at radius 2 is 2.13 bits per heavy atom. The minimum Gasteiger partial charge on any atom is -0.299 e. The van der Waals surface area contributed by atoms with Crippen LogP contribution < -0.4 is 0 Å². The minimum atomic E-state index is -3.46. The number of Topliss-reactive ketones (excluding diaryl/α,β-unsaturated/α-hetero) is 1. The highest BCUT2D eigenvalue weighted by molar-refractivity contribution is 7.89. The number of fused-ring (bicyclic) bond motifs is 3. The lowest BCUT2D eigenvalue weighted by atomic mass is 9.70. The van der Waals surface area contributed by atoms with Gasteiger partial charge in [-0.2, -0.15) is 9.40 Å². The van der Waals surface area contributed by atoms with Crippen molar-refractivity contribution in [3.63, 3.8) is 0 Å². The van der Waals surface area contributed by atoms with Gasteiger partial charge in [0.2, 0.25) is 10.0 Å². The lowest BCUT2D eigenvalue weighted by Gasteiger charge is -2.38. The Balaban J connectivity index is 1.62. The second kappa shape index (κ2) is 4.66. The SMILES string of the molecule is CC1(C)[C@H]2CC[C@@]1(CS(=O)(=O)N1CCn3nccc3C1)C(=O)C2. The predicted molar refractivity (Wildman–Crippen MR) is 85.0 cm³/mol. The van der Waals surface area contributed by atoms with Gasteiger partial charge in [-0.3, -0.25) is 9.48 Å². The van der Waals surface area contributed by atoms with Crippen LogP contribution in [0.1, 0.15) is 38.8 Å². The molecule has 0 unspecified atom stereocenters. The summed E-state index contributed by atoms with van der Waals surface area (Å²) in [7, 11) is -3.46. The van der Waals surface area contributed by atoms with Crippen LogP contribution >= 0.6 is 0 Å². The third-order valence-corrected chi connectivity index (χ3v) is 8.62. The normalized spacial score (nSPS) is 33.1. The van der Waals surface area contributed by atoms with E-state index in [1.54, 1.807) is 6.20 Å². The van der Waals surface area contributed by atoms with Crippen molar-refractivity contribution in [2.75, 3.05) is 12.3 Å². The van der Waals surface area contributed by atoms with Crippen LogP contribution in [0.25, 0.3) is 0 Å². The predicted octanol–water partition coefficient (Wildman–Crippen LogP) is 1.42. The van der Waals surface area contributed by atoms with Crippen LogP contribution in [-0.2, 0) is 27.9 Å². The van der Waals surface area contributed by atoms with E-state index in [0.29, 0.717) is 38.4 Å². The van der Waals surface area contributed by atoms with Crippen molar-refractivity contribution in [3.05, 3.63) is 18.0 Å². The van der Waals surface area contributed by atoms with Gasteiger partial charge in [-0.15, -0.1) is 0 Å². The van der Waals surface area contributed by atoms with Gasteiger partial charge in [0.25, 0.3) is 0 Å². The number of nitrogens with zero attached hydrogens (tertiary/aromatic N) is 3. The Labute approximate surface area is 136 Å². The van der Waals surface area contributed by atoms with E-state index in [2.05, 4.69) is 18.9 Å². The molecule has 0 spiro atoms. The first kappa shape index (κ1) is 15.3. The zero-order valence-corrected chi connectivity index (χ0v) is 14.5. The Morgan fingerprint density at radius 3 is 2.78 bits per heavy atom. The molecule has 2 heterocycles. The lowest BCUT2D eigenvalue weighted by Crippen LogP contribution is -2.48. The summed E-state index contributed by atoms with van der Waals surface area (Å²) >= 11 is 0. The summed E-state index contributed by atoms with van der Waals surface area (Å²) in [5.74, 6) is 0.466. The summed E-state index contributed by atoms with van der Waals surface area (Å²) in [6, 6.07) is 1.86. The van der Waals surface area contributed by atoms with Crippen LogP contribution in [0, 0.1) is 16.7 Å². The Bertz CT molecular complexity index is 767. The van der Waals surface area contributed by atoms with Crippen LogP contribution in [0.4, 0.5) is 0 Å². The molecule has 1 aromatic rings. The van der Waals surface area contributed by atoms with Gasteiger partial charge in [-0.1, -0.05) is 13.8 Å². The average Bonchev–Trinajstić information content (AvgIpc) is 3.08. The van der Waals surface area contributed by atoms with Crippen LogP contribution in [0.3, 0.4) is 0 Å². The number of carbonyl (C=O) groups excluding carboxylic acids is 1. The lowest BCUT2D eigenvalue weighted by molar-refractivity contribution is -0.128. The highest BCUT2D eigenvalue weighted by atomic mass is 32.2. The number of hydrogen-bond donors (Lipinski definition) is 0. The molecule has 1 aromatic heterocycles. The van der Waals surface area contributed by atoms with Crippen molar-refractivity contribution in [1.82, 2.24) is 14.1 Å². The van der Waals surface area contributed by atoms with Crippen molar-refractivity contribution in [2.24, 2.45) is 16.7 Å². The molecule has 2 fully saturated rings. The molecule has 23 heavy (non-hydrogen) atoms. The van der Waals surface area contributed by atoms with Gasteiger partial charge in [0.15, 0.2) is 0 Å². The number of ketones is 1. The number of rotatable bonds is 3. The summed E-state index contributed by atoms with van der Waals surface area (Å²) in [5.41, 5.74) is 0.0155. The van der Waals surface area contributed by atoms with Crippen molar-refractivity contribution in [1.29, 1.82) is 0 Å². The summed E-state index contributed by atoms with van der Waals surface area (Å²) in [6.07, 6.45) is 3.94. The molecule has 6 nitrogen and oxygen atoms in total. The zero-order valence-electron chi connectivity index (χ0n) is 13.7. The van der Waals surface area contributed by atoms with Gasteiger partial charge in [-0.25, -0.2) is 8.42 Å². The Kier molecular flexibility index (Phi) is 3.11. The third kappa shape index (κ3) is 1.99. The van der Waals surface area contributed by atoms with E-state index in [1.807, 2.05) is 10.7 Å². The van der Waals surface area contributed by atoms with Gasteiger partial charge in [0.1, 0.15) is 5.78 Å². The molecule has 0 saturated heterocycles. The van der Waals surface area contributed by atoms with Gasteiger partial charge in [0, 0.05) is 24.6 Å². The quantitative estimate of drug-likeness (QED) is 0.836. The molecule has 7 heteroatoms. The average molecular weight is 337 g/mol. The van der Waals surface area contributed by atoms with E-state index in [-0.39, 0.29) is 17.0 Å². The fourth-order valence-electron chi connectivity index (χ4n) is 4.91. The molecule has 1 aliphatic heterocycles. The molecule has 2 atom stereocenters. The topological polar surface area (TPSA) is 72.3 Å². The molecule has 0 amide bonds. The molecular formula is C16H23N3O3S. The molecule has 2 bridgehead atoms. The highest BCUT2D eigenvalue weighted by Crippen LogP contribution is 2.64. The first-order valence-corrected chi connectivity index (χ1v) is 9.89. The molecule has 3 aliphatic rings. The molecule has 2 saturated carbocycles. The summed E-state index contributed by atoms with van der Waals surface area (Å²) in [6.45, 7) is 5.53. The minimum absolute atomic E-state index is 0.0313. The smallest absolute Gasteiger partial charge is 0.215 e. The van der Waals surface area contributed by atoms with Gasteiger partial charge >= 0.3 is 0 Å². The molecule has 0 radical (unpaired) electrons. The number of aromatic nitrogens is 2. The Hall–Kier alpha value is -1.21. The third-order valence-electron chi connectivity index (χ3n) is 6.67. The van der Waals surface area contributed by atoms with Gasteiger partial charge in [-0.05, 0) is 30.2 Å². The molecule has 0 N–H and O–H groups in total. The fraction of sp³-hybridized carbons (Fsp3) is 0.750. The van der Waals surface area contributed by atoms with Crippen LogP contribution in [-0.4, -0.2) is 40.6 Å². The zero-order chi connectivity index (χ0) is 16.5. The summed E-state index contributed by atoms with van der Waals surface area (Å²) in [5, 5.41) is 4.19. The van der Waals surface area contributed by atoms with Gasteiger partial charge < -0.3 is 0 Å². The second-order valence-corrected chi connectivity index (χ2v) is 9.77. The van der Waals surface area contributed by atoms with Crippen molar-refractivity contribution in [3.8, 4) is 0 Å². The number of sulfonamides is 1. The molecular weight excluding hydrogens is 314 g/mol. The standard InChI is InChI=1S/C16H23N3O3S/c1-15(2)12-3-5-16(15,14(20)9-12)11-23(21,22)18-7-8-19-13(10-18)4-6-17-19/h4,6,12H,3,5,7-11H2,1-2H3/t12-,16+/m0/s1. The summed E-state index contributed by atoms with van der Waals surface area (Å²) in [4.78, 5) is 12.6. The maximum atomic E-state index is 13.0. The molecule has 2 aliphatic carbocycles. The van der Waals surface area contributed by atoms with Crippen molar-refractivity contribution >= 4 is 15.8 Å². The highest BCUT2D eigenvalue weighted by Gasteiger charge is 2.65. The monoisotopic (exact) mass is 337 g/mol. The van der Waals surface area contributed by atoms with E-state index >= 15 is 0 Å². The second-order valence-electron chi connectivity index (χ2n) is 7.80. The maximum absolute atomic E-state index is 13.0. The van der Waals surface area contributed by atoms with E-state index in [1.165, 1.54) is 4.31 Å². The van der Waals surface area contributed by atoms with Crippen LogP contribution in [0.5, 0.6) is 0 Å². The molecule has 4 rings (SSSR count). The van der Waals surface area contributed by atoms with Gasteiger partial charge in [0.05, 0.1) is 24.5 Å². The number of carbonyl (C=O) groups is 1. The van der Waals surface area contributed by atoms with Crippen molar-refractivity contribution < 1.29 is 13.2 Å². The van der Waals surface area contributed by atoms with E-state index in [4.69, 9.17) is 0 Å². The van der Waals surface area contributed by atoms with Crippen LogP contribution in [0.15, 0.2) is 12.3 Å². The molecule has 126 valence electrons. The summed E-state index contributed by atoms with van der Waals surface area (Å²) < 4.78 is 29.4. The van der Waals surface area contributed by atoms with E-state index < -0.39 is 15.4 Å². The van der Waals surface area contributed by atoms with E-state index in [9.17, 15) is 13.2 Å². The molecule has 0 aromatic carbocycles. The largest absolute Gasteiger partial charge is 0.299 e. The number of hydrogen-bond acceptors (Lipinski definition) is 4. The van der Waals surface area contributed by atoms with Crippen LogP contribution in [0.2, 0.25) is 0 Å². The van der Waals surface area contributed by atoms with E-state index in [0.717, 1.165) is 12.1 Å². The van der Waals surface area contributed by atoms with Crippen molar-refractivity contribution in [2.45, 2.75) is 46.2 Å².